The van der Waals surface area contributed by atoms with Crippen LogP contribution < -0.4 is 5.73 Å². The van der Waals surface area contributed by atoms with Crippen LogP contribution in [0.25, 0.3) is 10.8 Å². The minimum absolute atomic E-state index is 0.00269. The third-order valence-electron chi connectivity index (χ3n) is 3.65. The predicted octanol–water partition coefficient (Wildman–Crippen LogP) is 3.79. The number of aryl methyl sites for hydroxylation is 1. The molecule has 2 aromatic carbocycles. The Labute approximate surface area is 119 Å². The standard InChI is InChI=1S/C18H18N2/c1-13-4-2-5-14(10-13)11-18(19)17-7-3-6-15-12-20-9-8-16(15)17/h2-10,12,18H,11,19H2,1H3. The number of fused-ring (bicyclic) bond motifs is 1. The molecule has 3 aromatic rings. The van der Waals surface area contributed by atoms with Gasteiger partial charge >= 0.3 is 0 Å². The summed E-state index contributed by atoms with van der Waals surface area (Å²) < 4.78 is 0. The van der Waals surface area contributed by atoms with Gasteiger partial charge in [0.2, 0.25) is 0 Å². The first-order valence-corrected chi connectivity index (χ1v) is 6.88. The fraction of sp³-hybridized carbons (Fsp3) is 0.167. The molecule has 0 aliphatic heterocycles. The molecular weight excluding hydrogens is 244 g/mol. The molecule has 0 saturated heterocycles. The third kappa shape index (κ3) is 2.56. The summed E-state index contributed by atoms with van der Waals surface area (Å²) >= 11 is 0. The second-order valence-electron chi connectivity index (χ2n) is 5.24. The Morgan fingerprint density at radius 3 is 2.80 bits per heavy atom. The molecule has 0 spiro atoms. The smallest absolute Gasteiger partial charge is 0.0346 e. The zero-order valence-electron chi connectivity index (χ0n) is 11.6. The van der Waals surface area contributed by atoms with Crippen LogP contribution in [0.3, 0.4) is 0 Å². The summed E-state index contributed by atoms with van der Waals surface area (Å²) in [5.74, 6) is 0. The van der Waals surface area contributed by atoms with Crippen LogP contribution in [0, 0.1) is 6.92 Å². The minimum Gasteiger partial charge on any atom is -0.324 e. The lowest BCUT2D eigenvalue weighted by molar-refractivity contribution is 0.727. The van der Waals surface area contributed by atoms with Crippen molar-refractivity contribution in [2.45, 2.75) is 19.4 Å². The van der Waals surface area contributed by atoms with E-state index in [0.717, 1.165) is 11.8 Å². The molecule has 2 N–H and O–H groups in total. The van der Waals surface area contributed by atoms with Crippen LogP contribution >= 0.6 is 0 Å². The molecule has 1 heterocycles. The van der Waals surface area contributed by atoms with Crippen molar-refractivity contribution in [1.29, 1.82) is 0 Å². The second kappa shape index (κ2) is 5.43. The molecule has 0 saturated carbocycles. The van der Waals surface area contributed by atoms with Gasteiger partial charge in [-0.1, -0.05) is 48.0 Å². The summed E-state index contributed by atoms with van der Waals surface area (Å²) in [6, 6.07) is 16.8. The highest BCUT2D eigenvalue weighted by atomic mass is 14.6. The van der Waals surface area contributed by atoms with Gasteiger partial charge in [-0.05, 0) is 35.9 Å². The molecular formula is C18H18N2. The molecule has 1 unspecified atom stereocenters. The molecule has 0 aliphatic carbocycles. The molecule has 2 nitrogen and oxygen atoms in total. The average molecular weight is 262 g/mol. The number of nitrogens with two attached hydrogens (primary N) is 1. The predicted molar refractivity (Wildman–Crippen MR) is 83.6 cm³/mol. The molecule has 0 bridgehead atoms. The molecule has 2 heteroatoms. The zero-order chi connectivity index (χ0) is 13.9. The Balaban J connectivity index is 1.94. The van der Waals surface area contributed by atoms with E-state index in [1.54, 1.807) is 0 Å². The fourth-order valence-electron chi connectivity index (χ4n) is 2.67. The van der Waals surface area contributed by atoms with Gasteiger partial charge in [0.25, 0.3) is 0 Å². The van der Waals surface area contributed by atoms with Gasteiger partial charge < -0.3 is 5.73 Å². The normalized spacial score (nSPS) is 12.5. The Morgan fingerprint density at radius 2 is 1.95 bits per heavy atom. The maximum absolute atomic E-state index is 6.42. The summed E-state index contributed by atoms with van der Waals surface area (Å²) in [5.41, 5.74) is 10.2. The van der Waals surface area contributed by atoms with E-state index in [1.165, 1.54) is 22.1 Å². The first-order valence-electron chi connectivity index (χ1n) is 6.88. The Bertz CT molecular complexity index is 729. The number of aromatic nitrogens is 1. The molecule has 1 aromatic heterocycles. The summed E-state index contributed by atoms with van der Waals surface area (Å²) in [6.45, 7) is 2.11. The van der Waals surface area contributed by atoms with Crippen molar-refractivity contribution in [2.24, 2.45) is 5.73 Å². The van der Waals surface area contributed by atoms with Crippen LogP contribution in [-0.4, -0.2) is 4.98 Å². The minimum atomic E-state index is 0.00269. The van der Waals surface area contributed by atoms with Crippen LogP contribution in [0.15, 0.2) is 60.9 Å². The van der Waals surface area contributed by atoms with Crippen LogP contribution in [-0.2, 0) is 6.42 Å². The van der Waals surface area contributed by atoms with Crippen molar-refractivity contribution >= 4 is 10.8 Å². The Kier molecular flexibility index (Phi) is 3.48. The van der Waals surface area contributed by atoms with E-state index in [2.05, 4.69) is 54.4 Å². The summed E-state index contributed by atoms with van der Waals surface area (Å²) in [5, 5.41) is 2.34. The van der Waals surface area contributed by atoms with Gasteiger partial charge in [-0.3, -0.25) is 4.98 Å². The second-order valence-corrected chi connectivity index (χ2v) is 5.24. The van der Waals surface area contributed by atoms with Crippen molar-refractivity contribution < 1.29 is 0 Å². The van der Waals surface area contributed by atoms with Gasteiger partial charge in [-0.2, -0.15) is 0 Å². The molecule has 20 heavy (non-hydrogen) atoms. The molecule has 0 radical (unpaired) electrons. The average Bonchev–Trinajstić information content (AvgIpc) is 2.46. The molecule has 3 rings (SSSR count). The van der Waals surface area contributed by atoms with Gasteiger partial charge in [0.1, 0.15) is 0 Å². The van der Waals surface area contributed by atoms with Crippen molar-refractivity contribution in [3.63, 3.8) is 0 Å². The van der Waals surface area contributed by atoms with Gasteiger partial charge in [-0.15, -0.1) is 0 Å². The van der Waals surface area contributed by atoms with Crippen LogP contribution in [0.5, 0.6) is 0 Å². The molecule has 1 atom stereocenters. The highest BCUT2D eigenvalue weighted by Crippen LogP contribution is 2.24. The highest BCUT2D eigenvalue weighted by molar-refractivity contribution is 5.85. The maximum atomic E-state index is 6.42. The SMILES string of the molecule is Cc1cccc(CC(N)c2cccc3cnccc23)c1. The van der Waals surface area contributed by atoms with E-state index >= 15 is 0 Å². The first-order chi connectivity index (χ1) is 9.74. The molecule has 0 amide bonds. The number of nitrogens with zero attached hydrogens (tertiary/aromatic N) is 1. The molecule has 0 aliphatic rings. The summed E-state index contributed by atoms with van der Waals surface area (Å²) in [6.07, 6.45) is 4.56. The topological polar surface area (TPSA) is 38.9 Å². The fourth-order valence-corrected chi connectivity index (χ4v) is 2.67. The zero-order valence-corrected chi connectivity index (χ0v) is 11.6. The largest absolute Gasteiger partial charge is 0.324 e. The van der Waals surface area contributed by atoms with Gasteiger partial charge in [0.15, 0.2) is 0 Å². The van der Waals surface area contributed by atoms with Crippen molar-refractivity contribution in [2.75, 3.05) is 0 Å². The third-order valence-corrected chi connectivity index (χ3v) is 3.65. The Hall–Kier alpha value is -2.19. The van der Waals surface area contributed by atoms with E-state index in [0.29, 0.717) is 0 Å². The number of pyridine rings is 1. The molecule has 100 valence electrons. The maximum Gasteiger partial charge on any atom is 0.0346 e. The first kappa shape index (κ1) is 12.8. The summed E-state index contributed by atoms with van der Waals surface area (Å²) in [7, 11) is 0. The molecule has 0 fully saturated rings. The summed E-state index contributed by atoms with van der Waals surface area (Å²) in [4.78, 5) is 4.17. The van der Waals surface area contributed by atoms with E-state index in [4.69, 9.17) is 5.73 Å². The van der Waals surface area contributed by atoms with Crippen LogP contribution in [0.2, 0.25) is 0 Å². The quantitative estimate of drug-likeness (QED) is 0.780. The number of benzene rings is 2. The van der Waals surface area contributed by atoms with E-state index < -0.39 is 0 Å². The lowest BCUT2D eigenvalue weighted by atomic mass is 9.95. The lowest BCUT2D eigenvalue weighted by Gasteiger charge is -2.15. The number of hydrogen-bond acceptors (Lipinski definition) is 2. The van der Waals surface area contributed by atoms with E-state index in [9.17, 15) is 0 Å². The van der Waals surface area contributed by atoms with E-state index in [-0.39, 0.29) is 6.04 Å². The monoisotopic (exact) mass is 262 g/mol. The highest BCUT2D eigenvalue weighted by Gasteiger charge is 2.10. The van der Waals surface area contributed by atoms with Gasteiger partial charge in [-0.25, -0.2) is 0 Å². The lowest BCUT2D eigenvalue weighted by Crippen LogP contribution is -2.13. The van der Waals surface area contributed by atoms with E-state index in [1.807, 2.05) is 18.5 Å². The van der Waals surface area contributed by atoms with Crippen molar-refractivity contribution in [3.05, 3.63) is 77.6 Å². The number of rotatable bonds is 3. The Morgan fingerprint density at radius 1 is 1.10 bits per heavy atom. The van der Waals surface area contributed by atoms with Gasteiger partial charge in [0.05, 0.1) is 0 Å². The van der Waals surface area contributed by atoms with Crippen LogP contribution in [0.4, 0.5) is 0 Å². The van der Waals surface area contributed by atoms with Crippen molar-refractivity contribution in [1.82, 2.24) is 4.98 Å². The van der Waals surface area contributed by atoms with Crippen LogP contribution in [0.1, 0.15) is 22.7 Å². The van der Waals surface area contributed by atoms with Crippen molar-refractivity contribution in [3.8, 4) is 0 Å². The number of hydrogen-bond donors (Lipinski definition) is 1. The van der Waals surface area contributed by atoms with Gasteiger partial charge in [0, 0.05) is 23.8 Å².